The number of rotatable bonds is 3. The highest BCUT2D eigenvalue weighted by Gasteiger charge is 2.30. The number of imidazole rings is 1. The van der Waals surface area contributed by atoms with Crippen molar-refractivity contribution in [3.63, 3.8) is 0 Å². The lowest BCUT2D eigenvalue weighted by Crippen LogP contribution is -2.29. The fourth-order valence-electron chi connectivity index (χ4n) is 2.62. The third kappa shape index (κ3) is 1.95. The molecular formula is C15H16ClN3S. The molecule has 3 rings (SSSR count). The van der Waals surface area contributed by atoms with Crippen molar-refractivity contribution in [3.8, 4) is 0 Å². The molecule has 0 aliphatic heterocycles. The van der Waals surface area contributed by atoms with E-state index in [1.807, 2.05) is 11.6 Å². The molecule has 0 bridgehead atoms. The number of thiazole rings is 1. The van der Waals surface area contributed by atoms with Gasteiger partial charge in [0.15, 0.2) is 0 Å². The largest absolute Gasteiger partial charge is 0.315 e. The number of fused-ring (bicyclic) bond motifs is 1. The number of aryl methyl sites for hydroxylation is 1. The maximum absolute atomic E-state index is 6.12. The highest BCUT2D eigenvalue weighted by Crippen LogP contribution is 2.33. The first kappa shape index (κ1) is 13.6. The zero-order valence-corrected chi connectivity index (χ0v) is 13.3. The SMILES string of the molecule is Cc1cccc2c1nc(CCl)n2C(C)(C)c1nccs1. The molecule has 0 unspecified atom stereocenters. The number of benzene rings is 1. The van der Waals surface area contributed by atoms with Gasteiger partial charge in [-0.1, -0.05) is 12.1 Å². The summed E-state index contributed by atoms with van der Waals surface area (Å²) in [6, 6.07) is 6.24. The molecule has 0 aliphatic rings. The molecule has 0 amide bonds. The Labute approximate surface area is 127 Å². The Morgan fingerprint density at radius 2 is 2.15 bits per heavy atom. The average molecular weight is 306 g/mol. The maximum atomic E-state index is 6.12. The summed E-state index contributed by atoms with van der Waals surface area (Å²) in [4.78, 5) is 9.19. The van der Waals surface area contributed by atoms with Gasteiger partial charge in [0.25, 0.3) is 0 Å². The second-order valence-electron chi connectivity index (χ2n) is 5.34. The molecule has 3 aromatic rings. The predicted octanol–water partition coefficient (Wildman–Crippen LogP) is 4.32. The number of alkyl halides is 1. The van der Waals surface area contributed by atoms with Gasteiger partial charge in [0, 0.05) is 11.6 Å². The van der Waals surface area contributed by atoms with E-state index in [4.69, 9.17) is 16.6 Å². The van der Waals surface area contributed by atoms with Crippen molar-refractivity contribution >= 4 is 34.0 Å². The Kier molecular flexibility index (Phi) is 3.30. The van der Waals surface area contributed by atoms with Crippen LogP contribution in [0.25, 0.3) is 11.0 Å². The van der Waals surface area contributed by atoms with Crippen LogP contribution in [0.2, 0.25) is 0 Å². The third-order valence-corrected chi connectivity index (χ3v) is 4.92. The lowest BCUT2D eigenvalue weighted by molar-refractivity contribution is 0.435. The fourth-order valence-corrected chi connectivity index (χ4v) is 3.55. The Hall–Kier alpha value is -1.39. The summed E-state index contributed by atoms with van der Waals surface area (Å²) in [6.45, 7) is 6.39. The molecule has 104 valence electrons. The van der Waals surface area contributed by atoms with Crippen molar-refractivity contribution in [1.29, 1.82) is 0 Å². The molecule has 0 N–H and O–H groups in total. The van der Waals surface area contributed by atoms with Crippen LogP contribution in [0.1, 0.15) is 30.2 Å². The molecule has 0 fully saturated rings. The van der Waals surface area contributed by atoms with Gasteiger partial charge in [0.05, 0.1) is 22.5 Å². The molecule has 0 saturated heterocycles. The molecule has 5 heteroatoms. The van der Waals surface area contributed by atoms with Crippen molar-refractivity contribution in [2.24, 2.45) is 0 Å². The minimum atomic E-state index is -0.263. The Morgan fingerprint density at radius 3 is 2.80 bits per heavy atom. The standard InChI is InChI=1S/C15H16ClN3S/c1-10-5-4-6-11-13(10)18-12(9-16)19(11)15(2,3)14-17-7-8-20-14/h4-8H,9H2,1-3H3. The van der Waals surface area contributed by atoms with Gasteiger partial charge < -0.3 is 4.57 Å². The van der Waals surface area contributed by atoms with E-state index < -0.39 is 0 Å². The van der Waals surface area contributed by atoms with Gasteiger partial charge in [0.2, 0.25) is 0 Å². The first-order chi connectivity index (χ1) is 9.55. The molecule has 0 radical (unpaired) electrons. The van der Waals surface area contributed by atoms with Crippen LogP contribution >= 0.6 is 22.9 Å². The van der Waals surface area contributed by atoms with Crippen LogP contribution in [0.5, 0.6) is 0 Å². The zero-order chi connectivity index (χ0) is 14.3. The summed E-state index contributed by atoms with van der Waals surface area (Å²) in [5.74, 6) is 1.28. The van der Waals surface area contributed by atoms with Gasteiger partial charge in [-0.15, -0.1) is 22.9 Å². The van der Waals surface area contributed by atoms with E-state index in [1.54, 1.807) is 11.3 Å². The lowest BCUT2D eigenvalue weighted by atomic mass is 10.1. The minimum Gasteiger partial charge on any atom is -0.315 e. The second kappa shape index (κ2) is 4.86. The number of nitrogens with zero attached hydrogens (tertiary/aromatic N) is 3. The molecular weight excluding hydrogens is 290 g/mol. The molecule has 1 aromatic carbocycles. The normalized spacial score (nSPS) is 12.2. The van der Waals surface area contributed by atoms with Crippen LogP contribution < -0.4 is 0 Å². The number of hydrogen-bond donors (Lipinski definition) is 0. The Bertz CT molecular complexity index is 744. The first-order valence-electron chi connectivity index (χ1n) is 6.49. The highest BCUT2D eigenvalue weighted by atomic mass is 35.5. The molecule has 0 atom stereocenters. The molecule has 0 aliphatic carbocycles. The molecule has 0 saturated carbocycles. The van der Waals surface area contributed by atoms with E-state index in [9.17, 15) is 0 Å². The van der Waals surface area contributed by atoms with E-state index >= 15 is 0 Å². The van der Waals surface area contributed by atoms with E-state index in [-0.39, 0.29) is 5.54 Å². The molecule has 20 heavy (non-hydrogen) atoms. The van der Waals surface area contributed by atoms with Gasteiger partial charge >= 0.3 is 0 Å². The number of halogens is 1. The minimum absolute atomic E-state index is 0.263. The maximum Gasteiger partial charge on any atom is 0.125 e. The number of aromatic nitrogens is 3. The van der Waals surface area contributed by atoms with Crippen molar-refractivity contribution in [3.05, 3.63) is 46.2 Å². The van der Waals surface area contributed by atoms with E-state index in [2.05, 4.69) is 48.5 Å². The second-order valence-corrected chi connectivity index (χ2v) is 6.50. The number of para-hydroxylation sites is 1. The van der Waals surface area contributed by atoms with Crippen molar-refractivity contribution in [2.75, 3.05) is 0 Å². The first-order valence-corrected chi connectivity index (χ1v) is 7.90. The smallest absolute Gasteiger partial charge is 0.125 e. The van der Waals surface area contributed by atoms with Gasteiger partial charge in [-0.05, 0) is 32.4 Å². The molecule has 2 heterocycles. The summed E-state index contributed by atoms with van der Waals surface area (Å²) >= 11 is 7.78. The van der Waals surface area contributed by atoms with E-state index in [0.717, 1.165) is 21.9 Å². The molecule has 3 nitrogen and oxygen atoms in total. The van der Waals surface area contributed by atoms with Crippen LogP contribution in [0, 0.1) is 6.92 Å². The quantitative estimate of drug-likeness (QED) is 0.675. The van der Waals surface area contributed by atoms with Crippen molar-refractivity contribution in [2.45, 2.75) is 32.2 Å². The van der Waals surface area contributed by atoms with Crippen LogP contribution in [0.3, 0.4) is 0 Å². The third-order valence-electron chi connectivity index (χ3n) is 3.59. The van der Waals surface area contributed by atoms with Crippen molar-refractivity contribution in [1.82, 2.24) is 14.5 Å². The summed E-state index contributed by atoms with van der Waals surface area (Å²) < 4.78 is 2.21. The summed E-state index contributed by atoms with van der Waals surface area (Å²) in [7, 11) is 0. The lowest BCUT2D eigenvalue weighted by Gasteiger charge is -2.27. The van der Waals surface area contributed by atoms with E-state index in [1.165, 1.54) is 5.56 Å². The average Bonchev–Trinajstić information content (AvgIpc) is 3.06. The Balaban J connectivity index is 2.33. The van der Waals surface area contributed by atoms with Crippen LogP contribution in [-0.4, -0.2) is 14.5 Å². The van der Waals surface area contributed by atoms with Gasteiger partial charge in [-0.3, -0.25) is 0 Å². The van der Waals surface area contributed by atoms with Crippen LogP contribution in [-0.2, 0) is 11.4 Å². The van der Waals surface area contributed by atoms with Gasteiger partial charge in [-0.25, -0.2) is 9.97 Å². The molecule has 2 aromatic heterocycles. The van der Waals surface area contributed by atoms with Crippen LogP contribution in [0.4, 0.5) is 0 Å². The summed E-state index contributed by atoms with van der Waals surface area (Å²) in [5, 5.41) is 3.06. The zero-order valence-electron chi connectivity index (χ0n) is 11.7. The van der Waals surface area contributed by atoms with Gasteiger partial charge in [-0.2, -0.15) is 0 Å². The molecule has 0 spiro atoms. The monoisotopic (exact) mass is 305 g/mol. The fraction of sp³-hybridized carbons (Fsp3) is 0.333. The number of hydrogen-bond acceptors (Lipinski definition) is 3. The topological polar surface area (TPSA) is 30.7 Å². The summed E-state index contributed by atoms with van der Waals surface area (Å²) in [6.07, 6.45) is 1.84. The summed E-state index contributed by atoms with van der Waals surface area (Å²) in [5.41, 5.74) is 3.04. The van der Waals surface area contributed by atoms with Gasteiger partial charge in [0.1, 0.15) is 10.8 Å². The van der Waals surface area contributed by atoms with Crippen molar-refractivity contribution < 1.29 is 0 Å². The predicted molar refractivity (Wildman–Crippen MR) is 84.6 cm³/mol. The van der Waals surface area contributed by atoms with Crippen LogP contribution in [0.15, 0.2) is 29.8 Å². The van der Waals surface area contributed by atoms with E-state index in [0.29, 0.717) is 5.88 Å². The Morgan fingerprint density at radius 1 is 1.35 bits per heavy atom. The highest BCUT2D eigenvalue weighted by molar-refractivity contribution is 7.09.